The van der Waals surface area contributed by atoms with Gasteiger partial charge < -0.3 is 0 Å². The Labute approximate surface area is 88.9 Å². The second-order valence-electron chi connectivity index (χ2n) is 2.65. The van der Waals surface area contributed by atoms with E-state index in [-0.39, 0.29) is 5.82 Å². The Bertz CT molecular complexity index is 450. The Hall–Kier alpha value is -0.310. The summed E-state index contributed by atoms with van der Waals surface area (Å²) in [6.07, 6.45) is 0. The molecule has 1 heterocycles. The molecule has 0 aliphatic heterocycles. The molecule has 68 valence electrons. The SMILES string of the molecule is Fc1cc(Cl)c2cc(CCl)sc2c1. The molecule has 2 rings (SSSR count). The molecule has 0 spiro atoms. The normalized spacial score (nSPS) is 11.0. The fourth-order valence-corrected chi connectivity index (χ4v) is 2.70. The molecule has 0 nitrogen and oxygen atoms in total. The lowest BCUT2D eigenvalue weighted by Crippen LogP contribution is -1.72. The minimum atomic E-state index is -0.305. The Morgan fingerprint density at radius 2 is 2.08 bits per heavy atom. The molecule has 13 heavy (non-hydrogen) atoms. The molecule has 0 aliphatic carbocycles. The predicted molar refractivity (Wildman–Crippen MR) is 56.4 cm³/mol. The van der Waals surface area contributed by atoms with Crippen LogP contribution in [0.3, 0.4) is 0 Å². The maximum atomic E-state index is 12.9. The Balaban J connectivity index is 2.75. The molecule has 0 amide bonds. The van der Waals surface area contributed by atoms with E-state index in [2.05, 4.69) is 0 Å². The van der Waals surface area contributed by atoms with Gasteiger partial charge in [0.2, 0.25) is 0 Å². The lowest BCUT2D eigenvalue weighted by atomic mass is 10.2. The van der Waals surface area contributed by atoms with Gasteiger partial charge in [-0.1, -0.05) is 11.6 Å². The van der Waals surface area contributed by atoms with Crippen LogP contribution in [-0.2, 0) is 5.88 Å². The minimum absolute atomic E-state index is 0.305. The van der Waals surface area contributed by atoms with Crippen LogP contribution in [0.5, 0.6) is 0 Å². The number of fused-ring (bicyclic) bond motifs is 1. The van der Waals surface area contributed by atoms with Gasteiger partial charge >= 0.3 is 0 Å². The molecule has 0 radical (unpaired) electrons. The third kappa shape index (κ3) is 1.66. The molecule has 0 saturated heterocycles. The Morgan fingerprint density at radius 3 is 2.77 bits per heavy atom. The van der Waals surface area contributed by atoms with Crippen LogP contribution in [0, 0.1) is 5.82 Å². The first-order chi connectivity index (χ1) is 6.20. The number of hydrogen-bond donors (Lipinski definition) is 0. The van der Waals surface area contributed by atoms with Crippen molar-refractivity contribution in [2.24, 2.45) is 0 Å². The standard InChI is InChI=1S/C9H5Cl2FS/c10-4-6-3-7-8(11)1-5(12)2-9(7)13-6/h1-3H,4H2. The highest BCUT2D eigenvalue weighted by Gasteiger charge is 2.06. The van der Waals surface area contributed by atoms with Gasteiger partial charge in [0.15, 0.2) is 0 Å². The molecule has 1 aromatic heterocycles. The van der Waals surface area contributed by atoms with Crippen molar-refractivity contribution in [1.82, 2.24) is 0 Å². The molecular formula is C9H5Cl2FS. The number of hydrogen-bond acceptors (Lipinski definition) is 1. The number of thiophene rings is 1. The fraction of sp³-hybridized carbons (Fsp3) is 0.111. The van der Waals surface area contributed by atoms with Gasteiger partial charge in [0.05, 0.1) is 10.9 Å². The van der Waals surface area contributed by atoms with E-state index in [9.17, 15) is 4.39 Å². The zero-order valence-electron chi connectivity index (χ0n) is 6.48. The first kappa shape index (κ1) is 9.25. The summed E-state index contributed by atoms with van der Waals surface area (Å²) in [5.74, 6) is 0.137. The van der Waals surface area contributed by atoms with Gasteiger partial charge in [0.1, 0.15) is 5.82 Å². The smallest absolute Gasteiger partial charge is 0.126 e. The molecule has 1 aromatic carbocycles. The van der Waals surface area contributed by atoms with Crippen molar-refractivity contribution in [1.29, 1.82) is 0 Å². The average molecular weight is 235 g/mol. The summed E-state index contributed by atoms with van der Waals surface area (Å²) < 4.78 is 13.7. The van der Waals surface area contributed by atoms with Crippen LogP contribution in [0.25, 0.3) is 10.1 Å². The zero-order valence-corrected chi connectivity index (χ0v) is 8.81. The Morgan fingerprint density at radius 1 is 1.31 bits per heavy atom. The molecule has 0 atom stereocenters. The van der Waals surface area contributed by atoms with Crippen LogP contribution in [-0.4, -0.2) is 0 Å². The molecule has 2 aromatic rings. The molecule has 4 heteroatoms. The highest BCUT2D eigenvalue weighted by Crippen LogP contribution is 2.32. The van der Waals surface area contributed by atoms with Crippen molar-refractivity contribution in [3.63, 3.8) is 0 Å². The van der Waals surface area contributed by atoms with E-state index in [1.165, 1.54) is 23.5 Å². The predicted octanol–water partition coefficient (Wildman–Crippen LogP) is 4.43. The summed E-state index contributed by atoms with van der Waals surface area (Å²) in [5, 5.41) is 1.33. The largest absolute Gasteiger partial charge is 0.207 e. The van der Waals surface area contributed by atoms with E-state index in [4.69, 9.17) is 23.2 Å². The molecular weight excluding hydrogens is 230 g/mol. The Kier molecular flexibility index (Phi) is 2.45. The monoisotopic (exact) mass is 234 g/mol. The van der Waals surface area contributed by atoms with Gasteiger partial charge in [0, 0.05) is 15.0 Å². The summed E-state index contributed by atoms with van der Waals surface area (Å²) in [5.41, 5.74) is 0. The van der Waals surface area contributed by atoms with Crippen molar-refractivity contribution >= 4 is 44.6 Å². The maximum absolute atomic E-state index is 12.9. The lowest BCUT2D eigenvalue weighted by Gasteiger charge is -1.92. The van der Waals surface area contributed by atoms with Crippen molar-refractivity contribution < 1.29 is 4.39 Å². The van der Waals surface area contributed by atoms with Gasteiger partial charge in [-0.3, -0.25) is 0 Å². The number of benzene rings is 1. The quantitative estimate of drug-likeness (QED) is 0.641. The first-order valence-corrected chi connectivity index (χ1v) is 5.37. The van der Waals surface area contributed by atoms with Crippen LogP contribution in [0.2, 0.25) is 5.02 Å². The van der Waals surface area contributed by atoms with Crippen molar-refractivity contribution in [2.75, 3.05) is 0 Å². The van der Waals surface area contributed by atoms with Gasteiger partial charge in [-0.05, 0) is 18.2 Å². The molecule has 0 N–H and O–H groups in total. The first-order valence-electron chi connectivity index (χ1n) is 3.64. The highest BCUT2D eigenvalue weighted by atomic mass is 35.5. The van der Waals surface area contributed by atoms with Crippen LogP contribution >= 0.6 is 34.5 Å². The molecule has 0 saturated carbocycles. The highest BCUT2D eigenvalue weighted by molar-refractivity contribution is 7.19. The van der Waals surface area contributed by atoms with Gasteiger partial charge in [-0.25, -0.2) is 4.39 Å². The summed E-state index contributed by atoms with van der Waals surface area (Å²) in [6, 6.07) is 4.69. The summed E-state index contributed by atoms with van der Waals surface area (Å²) in [7, 11) is 0. The van der Waals surface area contributed by atoms with Crippen molar-refractivity contribution in [2.45, 2.75) is 5.88 Å². The average Bonchev–Trinajstić information content (AvgIpc) is 2.47. The van der Waals surface area contributed by atoms with Gasteiger partial charge in [-0.15, -0.1) is 22.9 Å². The third-order valence-electron chi connectivity index (χ3n) is 1.73. The summed E-state index contributed by atoms with van der Waals surface area (Å²) in [6.45, 7) is 0. The maximum Gasteiger partial charge on any atom is 0.126 e. The second-order valence-corrected chi connectivity index (χ2v) is 4.49. The van der Waals surface area contributed by atoms with Crippen LogP contribution < -0.4 is 0 Å². The number of rotatable bonds is 1. The summed E-state index contributed by atoms with van der Waals surface area (Å²) in [4.78, 5) is 1.00. The summed E-state index contributed by atoms with van der Waals surface area (Å²) >= 11 is 13.0. The molecule has 0 fully saturated rings. The second kappa shape index (κ2) is 3.45. The van der Waals surface area contributed by atoms with Crippen molar-refractivity contribution in [3.8, 4) is 0 Å². The van der Waals surface area contributed by atoms with E-state index >= 15 is 0 Å². The molecule has 0 aliphatic rings. The van der Waals surface area contributed by atoms with Gasteiger partial charge in [0.25, 0.3) is 0 Å². The van der Waals surface area contributed by atoms with Crippen molar-refractivity contribution in [3.05, 3.63) is 33.9 Å². The van der Waals surface area contributed by atoms with Crippen LogP contribution in [0.1, 0.15) is 4.88 Å². The van der Waals surface area contributed by atoms with E-state index < -0.39 is 0 Å². The number of alkyl halides is 1. The topological polar surface area (TPSA) is 0 Å². The lowest BCUT2D eigenvalue weighted by molar-refractivity contribution is 0.630. The van der Waals surface area contributed by atoms with E-state index in [1.807, 2.05) is 6.07 Å². The van der Waals surface area contributed by atoms with Crippen LogP contribution in [0.15, 0.2) is 18.2 Å². The van der Waals surface area contributed by atoms with Crippen LogP contribution in [0.4, 0.5) is 4.39 Å². The van der Waals surface area contributed by atoms with E-state index in [0.29, 0.717) is 10.9 Å². The molecule has 0 bridgehead atoms. The fourth-order valence-electron chi connectivity index (χ4n) is 1.18. The van der Waals surface area contributed by atoms with E-state index in [1.54, 1.807) is 0 Å². The van der Waals surface area contributed by atoms with E-state index in [0.717, 1.165) is 15.0 Å². The third-order valence-corrected chi connectivity index (χ3v) is 3.58. The van der Waals surface area contributed by atoms with Gasteiger partial charge in [-0.2, -0.15) is 0 Å². The zero-order chi connectivity index (χ0) is 9.42. The molecule has 0 unspecified atom stereocenters. The minimum Gasteiger partial charge on any atom is -0.207 e. The number of halogens is 3.